The molecule has 0 aromatic rings. The Bertz CT molecular complexity index is 97.6. The predicted molar refractivity (Wildman–Crippen MR) is 49.9 cm³/mol. The summed E-state index contributed by atoms with van der Waals surface area (Å²) in [5, 5.41) is 0. The molecule has 1 heterocycles. The summed E-state index contributed by atoms with van der Waals surface area (Å²) < 4.78 is 10.8. The standard InChI is InChI=1S/C9H17O2.BrH.Mg/c1-2-3-4-6-9-10-7-5-8-11-9;;/h9H,1-8H2;1H;/q-1;;+2/p-1. The fourth-order valence-electron chi connectivity index (χ4n) is 1.19. The third kappa shape index (κ3) is 8.18. The molecule has 1 fully saturated rings. The Labute approximate surface area is 108 Å². The van der Waals surface area contributed by atoms with Gasteiger partial charge in [0, 0.05) is 0 Å². The van der Waals surface area contributed by atoms with Gasteiger partial charge in [-0.05, 0) is 12.8 Å². The topological polar surface area (TPSA) is 18.5 Å². The zero-order chi connectivity index (χ0) is 7.94. The van der Waals surface area contributed by atoms with E-state index in [4.69, 9.17) is 9.47 Å². The van der Waals surface area contributed by atoms with Crippen LogP contribution in [0.3, 0.4) is 0 Å². The first-order chi connectivity index (χ1) is 5.43. The molecule has 0 bridgehead atoms. The third-order valence-corrected chi connectivity index (χ3v) is 1.84. The van der Waals surface area contributed by atoms with Crippen LogP contribution in [0.1, 0.15) is 32.1 Å². The first kappa shape index (κ1) is 16.6. The predicted octanol–water partition coefficient (Wildman–Crippen LogP) is -1.23. The zero-order valence-electron chi connectivity index (χ0n) is 8.14. The van der Waals surface area contributed by atoms with E-state index in [9.17, 15) is 0 Å². The van der Waals surface area contributed by atoms with Crippen LogP contribution < -0.4 is 17.0 Å². The summed E-state index contributed by atoms with van der Waals surface area (Å²) in [5.41, 5.74) is 0. The second kappa shape index (κ2) is 11.2. The van der Waals surface area contributed by atoms with Gasteiger partial charge in [-0.1, -0.05) is 12.8 Å². The van der Waals surface area contributed by atoms with Gasteiger partial charge in [0.25, 0.3) is 0 Å². The molecule has 74 valence electrons. The Hall–Kier alpha value is 1.17. The second-order valence-electron chi connectivity index (χ2n) is 2.87. The van der Waals surface area contributed by atoms with Crippen LogP contribution >= 0.6 is 0 Å². The minimum atomic E-state index is 0. The fraction of sp³-hybridized carbons (Fsp3) is 0.889. The molecule has 0 aliphatic carbocycles. The van der Waals surface area contributed by atoms with E-state index in [1.54, 1.807) is 0 Å². The van der Waals surface area contributed by atoms with E-state index >= 15 is 0 Å². The summed E-state index contributed by atoms with van der Waals surface area (Å²) in [4.78, 5) is 0. The average molecular weight is 261 g/mol. The molecule has 1 rings (SSSR count). The Morgan fingerprint density at radius 1 is 1.15 bits per heavy atom. The molecule has 0 saturated carbocycles. The van der Waals surface area contributed by atoms with Gasteiger partial charge in [0.05, 0.1) is 13.2 Å². The van der Waals surface area contributed by atoms with Gasteiger partial charge in [-0.3, -0.25) is 0 Å². The maximum atomic E-state index is 5.38. The molecule has 0 unspecified atom stereocenters. The Morgan fingerprint density at radius 3 is 2.31 bits per heavy atom. The molecule has 0 aromatic heterocycles. The molecule has 1 aliphatic heterocycles. The van der Waals surface area contributed by atoms with Gasteiger partial charge in [-0.25, -0.2) is 0 Å². The van der Waals surface area contributed by atoms with Crippen LogP contribution in [0.2, 0.25) is 0 Å². The van der Waals surface area contributed by atoms with E-state index in [0.717, 1.165) is 32.5 Å². The molecule has 1 saturated heterocycles. The molecule has 1 aliphatic rings. The third-order valence-electron chi connectivity index (χ3n) is 1.84. The van der Waals surface area contributed by atoms with E-state index in [1.165, 1.54) is 12.8 Å². The van der Waals surface area contributed by atoms with Gasteiger partial charge in [-0.2, -0.15) is 6.42 Å². The maximum Gasteiger partial charge on any atom is 2.00 e. The van der Waals surface area contributed by atoms with E-state index in [0.29, 0.717) is 0 Å². The van der Waals surface area contributed by atoms with Crippen LogP contribution in [0.4, 0.5) is 0 Å². The van der Waals surface area contributed by atoms with Gasteiger partial charge < -0.3 is 33.4 Å². The SMILES string of the molecule is [Br-].[CH2-]CCCCC1OCCCO1.[Mg+2]. The number of rotatable bonds is 4. The monoisotopic (exact) mass is 260 g/mol. The smallest absolute Gasteiger partial charge is 1.00 e. The number of hydrogen-bond acceptors (Lipinski definition) is 2. The average Bonchev–Trinajstić information content (AvgIpc) is 2.07. The van der Waals surface area contributed by atoms with Crippen molar-refractivity contribution in [2.24, 2.45) is 0 Å². The number of hydrogen-bond donors (Lipinski definition) is 0. The van der Waals surface area contributed by atoms with Crippen LogP contribution in [0, 0.1) is 6.92 Å². The summed E-state index contributed by atoms with van der Waals surface area (Å²) >= 11 is 0. The van der Waals surface area contributed by atoms with Crippen molar-refractivity contribution in [1.82, 2.24) is 0 Å². The Balaban J connectivity index is 0. The number of unbranched alkanes of at least 4 members (excludes halogenated alkanes) is 2. The van der Waals surface area contributed by atoms with Crippen LogP contribution in [0.15, 0.2) is 0 Å². The van der Waals surface area contributed by atoms with Crippen LogP contribution in [-0.4, -0.2) is 42.6 Å². The largest absolute Gasteiger partial charge is 2.00 e. The minimum absolute atomic E-state index is 0. The van der Waals surface area contributed by atoms with Crippen LogP contribution in [0.25, 0.3) is 0 Å². The van der Waals surface area contributed by atoms with Crippen molar-refractivity contribution in [3.8, 4) is 0 Å². The van der Waals surface area contributed by atoms with Crippen molar-refractivity contribution >= 4 is 23.1 Å². The summed E-state index contributed by atoms with van der Waals surface area (Å²) in [6, 6.07) is 0. The summed E-state index contributed by atoms with van der Waals surface area (Å²) in [7, 11) is 0. The van der Waals surface area contributed by atoms with Crippen molar-refractivity contribution in [2.45, 2.75) is 38.4 Å². The normalized spacial score (nSPS) is 17.3. The summed E-state index contributed by atoms with van der Waals surface area (Å²) in [6.45, 7) is 5.53. The molecule has 0 atom stereocenters. The molecule has 0 amide bonds. The van der Waals surface area contributed by atoms with E-state index in [-0.39, 0.29) is 46.3 Å². The fourth-order valence-corrected chi connectivity index (χ4v) is 1.19. The van der Waals surface area contributed by atoms with Crippen LogP contribution in [-0.2, 0) is 9.47 Å². The van der Waals surface area contributed by atoms with E-state index in [2.05, 4.69) is 6.92 Å². The summed E-state index contributed by atoms with van der Waals surface area (Å²) in [5.74, 6) is 0. The molecule has 0 radical (unpaired) electrons. The molecule has 0 N–H and O–H groups in total. The van der Waals surface area contributed by atoms with Crippen molar-refractivity contribution < 1.29 is 26.5 Å². The minimum Gasteiger partial charge on any atom is -1.00 e. The molecular formula is C9H17BrMgO2. The van der Waals surface area contributed by atoms with Crippen LogP contribution in [0.5, 0.6) is 0 Å². The number of ether oxygens (including phenoxy) is 2. The summed E-state index contributed by atoms with van der Waals surface area (Å²) in [6.07, 6.45) is 5.54. The molecule has 4 heteroatoms. The van der Waals surface area contributed by atoms with Crippen molar-refractivity contribution in [1.29, 1.82) is 0 Å². The first-order valence-corrected chi connectivity index (χ1v) is 4.46. The van der Waals surface area contributed by atoms with Crippen molar-refractivity contribution in [3.05, 3.63) is 6.92 Å². The molecule has 0 spiro atoms. The van der Waals surface area contributed by atoms with Gasteiger partial charge in [-0.15, -0.1) is 0 Å². The van der Waals surface area contributed by atoms with E-state index < -0.39 is 0 Å². The second-order valence-corrected chi connectivity index (χ2v) is 2.87. The Kier molecular flexibility index (Phi) is 14.3. The van der Waals surface area contributed by atoms with Gasteiger partial charge in [0.1, 0.15) is 0 Å². The molecular weight excluding hydrogens is 244 g/mol. The first-order valence-electron chi connectivity index (χ1n) is 4.46. The maximum absolute atomic E-state index is 5.38. The van der Waals surface area contributed by atoms with Gasteiger partial charge >= 0.3 is 23.1 Å². The van der Waals surface area contributed by atoms with Gasteiger partial charge in [0.15, 0.2) is 6.29 Å². The number of halogens is 1. The van der Waals surface area contributed by atoms with E-state index in [1.807, 2.05) is 0 Å². The quantitative estimate of drug-likeness (QED) is 0.358. The molecule has 13 heavy (non-hydrogen) atoms. The molecule has 2 nitrogen and oxygen atoms in total. The molecule has 0 aromatic carbocycles. The van der Waals surface area contributed by atoms with Crippen molar-refractivity contribution in [2.75, 3.05) is 13.2 Å². The zero-order valence-corrected chi connectivity index (χ0v) is 11.1. The van der Waals surface area contributed by atoms with Crippen molar-refractivity contribution in [3.63, 3.8) is 0 Å². The Morgan fingerprint density at radius 2 is 1.77 bits per heavy atom. The van der Waals surface area contributed by atoms with Gasteiger partial charge in [0.2, 0.25) is 0 Å².